The molecule has 0 amide bonds. The van der Waals surface area contributed by atoms with E-state index in [2.05, 4.69) is 9.97 Å². The lowest BCUT2D eigenvalue weighted by atomic mass is 10.2. The molecular weight excluding hydrogens is 348 g/mol. The van der Waals surface area contributed by atoms with Crippen molar-refractivity contribution in [1.82, 2.24) is 9.97 Å². The van der Waals surface area contributed by atoms with Gasteiger partial charge in [-0.2, -0.15) is 0 Å². The van der Waals surface area contributed by atoms with Crippen molar-refractivity contribution in [3.63, 3.8) is 0 Å². The number of rotatable bonds is 7. The van der Waals surface area contributed by atoms with Gasteiger partial charge < -0.3 is 9.47 Å². The Balaban J connectivity index is 1.45. The van der Waals surface area contributed by atoms with Gasteiger partial charge in [0.25, 0.3) is 0 Å². The summed E-state index contributed by atoms with van der Waals surface area (Å²) in [5.74, 6) is 1.14. The molecule has 2 aromatic carbocycles. The molecule has 0 aliphatic carbocycles. The minimum absolute atomic E-state index is 0.477. The maximum absolute atomic E-state index is 5.82. The Kier molecular flexibility index (Phi) is 5.59. The highest BCUT2D eigenvalue weighted by molar-refractivity contribution is 5.55. The fourth-order valence-corrected chi connectivity index (χ4v) is 2.74. The van der Waals surface area contributed by atoms with Gasteiger partial charge in [-0.05, 0) is 23.3 Å². The third-order valence-electron chi connectivity index (χ3n) is 4.17. The van der Waals surface area contributed by atoms with Gasteiger partial charge >= 0.3 is 0 Å². The van der Waals surface area contributed by atoms with Crippen LogP contribution in [0.25, 0.3) is 11.4 Å². The Morgan fingerprint density at radius 3 is 1.32 bits per heavy atom. The lowest BCUT2D eigenvalue weighted by Crippen LogP contribution is -1.99. The second-order valence-electron chi connectivity index (χ2n) is 6.27. The van der Waals surface area contributed by atoms with E-state index in [-0.39, 0.29) is 0 Å². The van der Waals surface area contributed by atoms with E-state index in [4.69, 9.17) is 9.47 Å². The molecule has 0 spiro atoms. The van der Waals surface area contributed by atoms with E-state index in [1.54, 1.807) is 0 Å². The van der Waals surface area contributed by atoms with Gasteiger partial charge in [-0.15, -0.1) is 0 Å². The van der Waals surface area contributed by atoms with Crippen LogP contribution < -0.4 is 9.47 Å². The van der Waals surface area contributed by atoms with E-state index in [1.165, 1.54) is 0 Å². The molecule has 0 fully saturated rings. The zero-order chi connectivity index (χ0) is 19.0. The first-order chi connectivity index (χ1) is 13.9. The van der Waals surface area contributed by atoms with Gasteiger partial charge in [0.1, 0.15) is 13.2 Å². The smallest absolute Gasteiger partial charge is 0.214 e. The van der Waals surface area contributed by atoms with Gasteiger partial charge in [-0.3, -0.25) is 0 Å². The van der Waals surface area contributed by atoms with Gasteiger partial charge in [0, 0.05) is 12.1 Å². The van der Waals surface area contributed by atoms with Crippen molar-refractivity contribution in [3.05, 3.63) is 108 Å². The molecule has 4 heteroatoms. The van der Waals surface area contributed by atoms with Crippen LogP contribution in [0, 0.1) is 0 Å². The first-order valence-electron chi connectivity index (χ1n) is 9.15. The number of hydrogen-bond donors (Lipinski definition) is 0. The number of aromatic nitrogens is 2. The second kappa shape index (κ2) is 8.82. The van der Waals surface area contributed by atoms with Gasteiger partial charge in [0.2, 0.25) is 11.8 Å². The molecule has 0 saturated carbocycles. The lowest BCUT2D eigenvalue weighted by Gasteiger charge is -2.09. The minimum atomic E-state index is 0.477. The molecule has 0 radical (unpaired) electrons. The monoisotopic (exact) mass is 368 g/mol. The van der Waals surface area contributed by atoms with E-state index in [0.717, 1.165) is 22.5 Å². The molecule has 0 N–H and O–H groups in total. The Bertz CT molecular complexity index is 936. The van der Waals surface area contributed by atoms with E-state index in [9.17, 15) is 0 Å². The van der Waals surface area contributed by atoms with Gasteiger partial charge in [-0.1, -0.05) is 72.8 Å². The zero-order valence-electron chi connectivity index (χ0n) is 15.4. The van der Waals surface area contributed by atoms with E-state index < -0.39 is 0 Å². The number of ether oxygens (including phenoxy) is 2. The third-order valence-corrected chi connectivity index (χ3v) is 4.17. The van der Waals surface area contributed by atoms with Crippen molar-refractivity contribution in [2.45, 2.75) is 13.2 Å². The Hall–Kier alpha value is -3.66. The highest BCUT2D eigenvalue weighted by atomic mass is 16.5. The molecule has 4 aromatic rings. The SMILES string of the molecule is c1ccc(COc2cccc(-c3cccc(OCc4ccccc4)n3)n2)cc1. The van der Waals surface area contributed by atoms with E-state index in [0.29, 0.717) is 25.0 Å². The van der Waals surface area contributed by atoms with Crippen molar-refractivity contribution in [3.8, 4) is 23.1 Å². The number of nitrogens with zero attached hydrogens (tertiary/aromatic N) is 2. The average Bonchev–Trinajstić information content (AvgIpc) is 2.78. The summed E-state index contributed by atoms with van der Waals surface area (Å²) >= 11 is 0. The largest absolute Gasteiger partial charge is 0.473 e. The van der Waals surface area contributed by atoms with Crippen LogP contribution in [-0.2, 0) is 13.2 Å². The highest BCUT2D eigenvalue weighted by Gasteiger charge is 2.06. The number of pyridine rings is 2. The predicted octanol–water partition coefficient (Wildman–Crippen LogP) is 5.30. The molecule has 0 atom stereocenters. The quantitative estimate of drug-likeness (QED) is 0.444. The first-order valence-corrected chi connectivity index (χ1v) is 9.15. The van der Waals surface area contributed by atoms with Crippen molar-refractivity contribution in [2.75, 3.05) is 0 Å². The molecule has 138 valence electrons. The third kappa shape index (κ3) is 4.74. The van der Waals surface area contributed by atoms with E-state index >= 15 is 0 Å². The molecule has 0 aliphatic rings. The molecule has 4 rings (SSSR count). The molecule has 4 nitrogen and oxygen atoms in total. The van der Waals surface area contributed by atoms with Crippen molar-refractivity contribution < 1.29 is 9.47 Å². The van der Waals surface area contributed by atoms with E-state index in [1.807, 2.05) is 97.1 Å². The average molecular weight is 368 g/mol. The summed E-state index contributed by atoms with van der Waals surface area (Å²) in [6, 6.07) is 31.4. The lowest BCUT2D eigenvalue weighted by molar-refractivity contribution is 0.293. The summed E-state index contributed by atoms with van der Waals surface area (Å²) in [6.07, 6.45) is 0. The van der Waals surface area contributed by atoms with Crippen LogP contribution >= 0.6 is 0 Å². The molecule has 2 heterocycles. The zero-order valence-corrected chi connectivity index (χ0v) is 15.4. The van der Waals surface area contributed by atoms with Crippen LogP contribution in [0.3, 0.4) is 0 Å². The fraction of sp³-hybridized carbons (Fsp3) is 0.0833. The molecule has 2 aromatic heterocycles. The van der Waals surface area contributed by atoms with Gasteiger partial charge in [0.15, 0.2) is 0 Å². The van der Waals surface area contributed by atoms with Gasteiger partial charge in [-0.25, -0.2) is 9.97 Å². The Morgan fingerprint density at radius 2 is 0.893 bits per heavy atom. The van der Waals surface area contributed by atoms with Crippen LogP contribution in [0.4, 0.5) is 0 Å². The Morgan fingerprint density at radius 1 is 0.464 bits per heavy atom. The molecule has 28 heavy (non-hydrogen) atoms. The number of hydrogen-bond acceptors (Lipinski definition) is 4. The fourth-order valence-electron chi connectivity index (χ4n) is 2.74. The van der Waals surface area contributed by atoms with Crippen LogP contribution in [0.1, 0.15) is 11.1 Å². The Labute approximate surface area is 164 Å². The van der Waals surface area contributed by atoms with Crippen molar-refractivity contribution in [2.24, 2.45) is 0 Å². The highest BCUT2D eigenvalue weighted by Crippen LogP contribution is 2.21. The summed E-state index contributed by atoms with van der Waals surface area (Å²) in [5.41, 5.74) is 3.69. The maximum atomic E-state index is 5.82. The maximum Gasteiger partial charge on any atom is 0.214 e. The first kappa shape index (κ1) is 17.7. The molecule has 0 bridgehead atoms. The van der Waals surface area contributed by atoms with Crippen LogP contribution in [0.15, 0.2) is 97.1 Å². The molecule has 0 aliphatic heterocycles. The topological polar surface area (TPSA) is 44.2 Å². The summed E-state index contributed by atoms with van der Waals surface area (Å²) in [4.78, 5) is 9.15. The van der Waals surface area contributed by atoms with Crippen LogP contribution in [0.5, 0.6) is 11.8 Å². The van der Waals surface area contributed by atoms with Crippen LogP contribution in [-0.4, -0.2) is 9.97 Å². The summed E-state index contributed by atoms with van der Waals surface area (Å²) in [5, 5.41) is 0. The molecule has 0 saturated heterocycles. The normalized spacial score (nSPS) is 10.4. The minimum Gasteiger partial charge on any atom is -0.473 e. The molecular formula is C24H20N2O2. The summed E-state index contributed by atoms with van der Waals surface area (Å²) < 4.78 is 11.6. The van der Waals surface area contributed by atoms with Crippen molar-refractivity contribution >= 4 is 0 Å². The molecule has 0 unspecified atom stereocenters. The van der Waals surface area contributed by atoms with Gasteiger partial charge in [0.05, 0.1) is 11.4 Å². The second-order valence-corrected chi connectivity index (χ2v) is 6.27. The standard InChI is InChI=1S/C24H20N2O2/c1-3-9-19(10-4-1)17-27-23-15-7-13-21(25-23)22-14-8-16-24(26-22)28-18-20-11-5-2-6-12-20/h1-16H,17-18H2. The summed E-state index contributed by atoms with van der Waals surface area (Å²) in [7, 11) is 0. The van der Waals surface area contributed by atoms with Crippen LogP contribution in [0.2, 0.25) is 0 Å². The van der Waals surface area contributed by atoms with Crippen molar-refractivity contribution in [1.29, 1.82) is 0 Å². The predicted molar refractivity (Wildman–Crippen MR) is 109 cm³/mol. The summed E-state index contributed by atoms with van der Waals surface area (Å²) in [6.45, 7) is 0.954. The number of benzene rings is 2.